The van der Waals surface area contributed by atoms with Crippen molar-refractivity contribution in [3.05, 3.63) is 0 Å². The highest BCUT2D eigenvalue weighted by atomic mass is 79.9. The highest BCUT2D eigenvalue weighted by molar-refractivity contribution is 9.10. The molecule has 0 aromatic heterocycles. The molecular formula is C8H15BrN2O3S. The smallest absolute Gasteiger partial charge is 0.236 e. The van der Waals surface area contributed by atoms with Gasteiger partial charge in [-0.05, 0) is 12.8 Å². The van der Waals surface area contributed by atoms with Crippen molar-refractivity contribution in [3.63, 3.8) is 0 Å². The second-order valence-corrected chi connectivity index (χ2v) is 6.54. The van der Waals surface area contributed by atoms with Gasteiger partial charge in [0.15, 0.2) is 0 Å². The zero-order chi connectivity index (χ0) is 11.5. The Hall–Kier alpha value is -0.140. The van der Waals surface area contributed by atoms with E-state index in [9.17, 15) is 13.2 Å². The lowest BCUT2D eigenvalue weighted by Gasteiger charge is -2.15. The van der Waals surface area contributed by atoms with Crippen molar-refractivity contribution >= 4 is 31.9 Å². The van der Waals surface area contributed by atoms with Crippen LogP contribution in [-0.2, 0) is 14.8 Å². The van der Waals surface area contributed by atoms with Crippen molar-refractivity contribution in [2.24, 2.45) is 0 Å². The van der Waals surface area contributed by atoms with Gasteiger partial charge in [-0.25, -0.2) is 13.1 Å². The van der Waals surface area contributed by atoms with Crippen molar-refractivity contribution in [1.29, 1.82) is 0 Å². The van der Waals surface area contributed by atoms with Crippen molar-refractivity contribution < 1.29 is 13.2 Å². The number of amides is 1. The molecule has 0 spiro atoms. The van der Waals surface area contributed by atoms with Crippen LogP contribution < -0.4 is 4.72 Å². The SMILES string of the molecule is CS(=O)(=O)NCCCN1CCC(Br)C1=O. The van der Waals surface area contributed by atoms with E-state index in [1.54, 1.807) is 4.90 Å². The molecule has 1 amide bonds. The van der Waals surface area contributed by atoms with Crippen LogP contribution in [0, 0.1) is 0 Å². The normalized spacial score (nSPS) is 22.4. The number of nitrogens with zero attached hydrogens (tertiary/aromatic N) is 1. The van der Waals surface area contributed by atoms with Gasteiger partial charge in [-0.15, -0.1) is 0 Å². The minimum absolute atomic E-state index is 0.0552. The lowest BCUT2D eigenvalue weighted by molar-refractivity contribution is -0.127. The molecule has 88 valence electrons. The molecule has 1 fully saturated rings. The fraction of sp³-hybridized carbons (Fsp3) is 0.875. The summed E-state index contributed by atoms with van der Waals surface area (Å²) in [7, 11) is -3.11. The Bertz CT molecular complexity index is 331. The second kappa shape index (κ2) is 5.27. The molecule has 1 aliphatic heterocycles. The van der Waals surface area contributed by atoms with E-state index in [4.69, 9.17) is 0 Å². The van der Waals surface area contributed by atoms with Gasteiger partial charge in [-0.1, -0.05) is 15.9 Å². The first-order valence-corrected chi connectivity index (χ1v) is 7.58. The summed E-state index contributed by atoms with van der Waals surface area (Å²) in [6.07, 6.45) is 2.61. The van der Waals surface area contributed by atoms with E-state index in [1.165, 1.54) is 0 Å². The molecule has 1 rings (SSSR count). The maximum atomic E-state index is 11.4. The van der Waals surface area contributed by atoms with E-state index in [1.807, 2.05) is 0 Å². The van der Waals surface area contributed by atoms with E-state index in [-0.39, 0.29) is 10.7 Å². The fourth-order valence-corrected chi connectivity index (χ4v) is 2.46. The summed E-state index contributed by atoms with van der Waals surface area (Å²) in [6, 6.07) is 0. The molecule has 5 nitrogen and oxygen atoms in total. The summed E-state index contributed by atoms with van der Waals surface area (Å²) >= 11 is 3.28. The predicted molar refractivity (Wildman–Crippen MR) is 61.4 cm³/mol. The van der Waals surface area contributed by atoms with Gasteiger partial charge in [0.1, 0.15) is 0 Å². The van der Waals surface area contributed by atoms with Gasteiger partial charge in [0, 0.05) is 19.6 Å². The van der Waals surface area contributed by atoms with Gasteiger partial charge >= 0.3 is 0 Å². The third-order valence-corrected chi connectivity index (χ3v) is 3.78. The lowest BCUT2D eigenvalue weighted by atomic mass is 10.4. The van der Waals surface area contributed by atoms with Gasteiger partial charge < -0.3 is 4.90 Å². The van der Waals surface area contributed by atoms with Crippen LogP contribution in [0.5, 0.6) is 0 Å². The number of carbonyl (C=O) groups excluding carboxylic acids is 1. The van der Waals surface area contributed by atoms with E-state index < -0.39 is 10.0 Å². The maximum Gasteiger partial charge on any atom is 0.236 e. The van der Waals surface area contributed by atoms with Crippen LogP contribution in [0.15, 0.2) is 0 Å². The predicted octanol–water partition coefficient (Wildman–Crippen LogP) is -0.0785. The summed E-state index contributed by atoms with van der Waals surface area (Å²) in [5, 5.41) is 0. The molecule has 1 N–H and O–H groups in total. The number of carbonyl (C=O) groups is 1. The van der Waals surface area contributed by atoms with Crippen molar-refractivity contribution in [1.82, 2.24) is 9.62 Å². The van der Waals surface area contributed by atoms with Crippen molar-refractivity contribution in [2.45, 2.75) is 17.7 Å². The number of sulfonamides is 1. The van der Waals surface area contributed by atoms with Crippen LogP contribution in [0.4, 0.5) is 0 Å². The number of hydrogen-bond donors (Lipinski definition) is 1. The highest BCUT2D eigenvalue weighted by Crippen LogP contribution is 2.18. The van der Waals surface area contributed by atoms with Gasteiger partial charge in [-0.2, -0.15) is 0 Å². The molecule has 0 aromatic carbocycles. The van der Waals surface area contributed by atoms with Crippen molar-refractivity contribution in [2.75, 3.05) is 25.9 Å². The zero-order valence-electron chi connectivity index (χ0n) is 8.57. The number of alkyl halides is 1. The Morgan fingerprint density at radius 2 is 2.27 bits per heavy atom. The topological polar surface area (TPSA) is 66.5 Å². The Morgan fingerprint density at radius 1 is 1.60 bits per heavy atom. The summed E-state index contributed by atoms with van der Waals surface area (Å²) < 4.78 is 23.9. The molecule has 1 atom stereocenters. The van der Waals surface area contributed by atoms with Crippen LogP contribution in [0.1, 0.15) is 12.8 Å². The van der Waals surface area contributed by atoms with Crippen LogP contribution in [-0.4, -0.2) is 49.9 Å². The first kappa shape index (κ1) is 12.9. The highest BCUT2D eigenvalue weighted by Gasteiger charge is 2.28. The molecule has 0 radical (unpaired) electrons. The molecule has 0 saturated carbocycles. The minimum Gasteiger partial charge on any atom is -0.342 e. The summed E-state index contributed by atoms with van der Waals surface area (Å²) in [4.78, 5) is 13.1. The first-order chi connectivity index (χ1) is 6.90. The Kier molecular flexibility index (Phi) is 4.54. The molecular weight excluding hydrogens is 284 g/mol. The van der Waals surface area contributed by atoms with Crippen molar-refractivity contribution in [3.8, 4) is 0 Å². The van der Waals surface area contributed by atoms with E-state index >= 15 is 0 Å². The maximum absolute atomic E-state index is 11.4. The standard InChI is InChI=1S/C8H15BrN2O3S/c1-15(13,14)10-4-2-5-11-6-3-7(9)8(11)12/h7,10H,2-6H2,1H3. The van der Waals surface area contributed by atoms with Gasteiger partial charge in [0.2, 0.25) is 15.9 Å². The van der Waals surface area contributed by atoms with E-state index in [0.29, 0.717) is 19.5 Å². The van der Waals surface area contributed by atoms with Crippen LogP contribution in [0.2, 0.25) is 0 Å². The van der Waals surface area contributed by atoms with Crippen LogP contribution in [0.25, 0.3) is 0 Å². The molecule has 0 aliphatic carbocycles. The molecule has 1 aliphatic rings. The number of hydrogen-bond acceptors (Lipinski definition) is 3. The van der Waals surface area contributed by atoms with Crippen LogP contribution >= 0.6 is 15.9 Å². The number of halogens is 1. The third-order valence-electron chi connectivity index (χ3n) is 2.20. The molecule has 1 unspecified atom stereocenters. The Morgan fingerprint density at radius 3 is 2.73 bits per heavy atom. The fourth-order valence-electron chi connectivity index (χ4n) is 1.45. The number of rotatable bonds is 5. The number of nitrogens with one attached hydrogen (secondary N) is 1. The Balaban J connectivity index is 2.19. The Labute approximate surface area is 98.4 Å². The molecule has 1 heterocycles. The van der Waals surface area contributed by atoms with Gasteiger partial charge in [-0.3, -0.25) is 4.79 Å². The average molecular weight is 299 g/mol. The quantitative estimate of drug-likeness (QED) is 0.570. The second-order valence-electron chi connectivity index (χ2n) is 3.60. The summed E-state index contributed by atoms with van der Waals surface area (Å²) in [5.74, 6) is 0.106. The van der Waals surface area contributed by atoms with E-state index in [2.05, 4.69) is 20.7 Å². The van der Waals surface area contributed by atoms with Gasteiger partial charge in [0.25, 0.3) is 0 Å². The molecule has 15 heavy (non-hydrogen) atoms. The molecule has 0 bridgehead atoms. The number of likely N-dealkylation sites (tertiary alicyclic amines) is 1. The first-order valence-electron chi connectivity index (χ1n) is 4.77. The largest absolute Gasteiger partial charge is 0.342 e. The van der Waals surface area contributed by atoms with Gasteiger partial charge in [0.05, 0.1) is 11.1 Å². The lowest BCUT2D eigenvalue weighted by Crippen LogP contribution is -2.31. The monoisotopic (exact) mass is 298 g/mol. The molecule has 1 saturated heterocycles. The zero-order valence-corrected chi connectivity index (χ0v) is 11.0. The summed E-state index contributed by atoms with van der Waals surface area (Å²) in [5.41, 5.74) is 0. The molecule has 0 aromatic rings. The third kappa shape index (κ3) is 4.48. The van der Waals surface area contributed by atoms with Crippen LogP contribution in [0.3, 0.4) is 0 Å². The molecule has 7 heteroatoms. The van der Waals surface area contributed by atoms with E-state index in [0.717, 1.165) is 19.2 Å². The minimum atomic E-state index is -3.11. The summed E-state index contributed by atoms with van der Waals surface area (Å²) in [6.45, 7) is 1.76. The average Bonchev–Trinajstić information content (AvgIpc) is 2.42.